The molecule has 2 heterocycles. The average molecular weight is 286 g/mol. The minimum absolute atomic E-state index is 0.00273. The van der Waals surface area contributed by atoms with Crippen LogP contribution in [0.3, 0.4) is 0 Å². The predicted octanol–water partition coefficient (Wildman–Crippen LogP) is 2.75. The fraction of sp³-hybridized carbons (Fsp3) is 0.0667. The van der Waals surface area contributed by atoms with Gasteiger partial charge in [-0.2, -0.15) is 0 Å². The first-order valence-electron chi connectivity index (χ1n) is 6.22. The molecule has 0 aliphatic heterocycles. The number of ether oxygens (including phenoxy) is 1. The molecule has 1 N–H and O–H groups in total. The summed E-state index contributed by atoms with van der Waals surface area (Å²) in [5.74, 6) is -1.89. The number of hydrogen-bond acceptors (Lipinski definition) is 3. The Morgan fingerprint density at radius 1 is 1.33 bits per heavy atom. The van der Waals surface area contributed by atoms with Crippen molar-refractivity contribution in [2.75, 3.05) is 0 Å². The van der Waals surface area contributed by atoms with Gasteiger partial charge < -0.3 is 14.2 Å². The Morgan fingerprint density at radius 2 is 2.19 bits per heavy atom. The van der Waals surface area contributed by atoms with Gasteiger partial charge in [0.1, 0.15) is 12.3 Å². The van der Waals surface area contributed by atoms with E-state index in [9.17, 15) is 9.18 Å². The van der Waals surface area contributed by atoms with Crippen LogP contribution < -0.4 is 4.74 Å². The molecule has 1 aromatic carbocycles. The fourth-order valence-corrected chi connectivity index (χ4v) is 1.96. The van der Waals surface area contributed by atoms with E-state index in [0.29, 0.717) is 5.69 Å². The molecule has 0 amide bonds. The fourth-order valence-electron chi connectivity index (χ4n) is 1.96. The highest BCUT2D eigenvalue weighted by atomic mass is 19.1. The third-order valence-corrected chi connectivity index (χ3v) is 2.97. The second kappa shape index (κ2) is 5.24. The molecule has 0 saturated carbocycles. The molecule has 0 unspecified atom stereocenters. The summed E-state index contributed by atoms with van der Waals surface area (Å²) < 4.78 is 20.9. The lowest BCUT2D eigenvalue weighted by molar-refractivity contribution is 0.0696. The van der Waals surface area contributed by atoms with Gasteiger partial charge in [0, 0.05) is 12.4 Å². The van der Waals surface area contributed by atoms with Crippen molar-refractivity contribution in [3.63, 3.8) is 0 Å². The zero-order chi connectivity index (χ0) is 14.8. The van der Waals surface area contributed by atoms with E-state index in [0.717, 1.165) is 11.7 Å². The van der Waals surface area contributed by atoms with Gasteiger partial charge in [0.15, 0.2) is 11.6 Å². The van der Waals surface area contributed by atoms with Gasteiger partial charge in [-0.25, -0.2) is 14.2 Å². The first kappa shape index (κ1) is 13.1. The molecule has 106 valence electrons. The molecule has 5 nitrogen and oxygen atoms in total. The molecule has 0 atom stereocenters. The molecule has 0 fully saturated rings. The lowest BCUT2D eigenvalue weighted by Gasteiger charge is -2.05. The summed E-state index contributed by atoms with van der Waals surface area (Å²) in [6, 6.07) is 9.13. The predicted molar refractivity (Wildman–Crippen MR) is 72.9 cm³/mol. The van der Waals surface area contributed by atoms with E-state index in [1.807, 2.05) is 28.8 Å². The maximum atomic E-state index is 13.7. The van der Waals surface area contributed by atoms with Crippen molar-refractivity contribution < 1.29 is 19.0 Å². The van der Waals surface area contributed by atoms with E-state index in [-0.39, 0.29) is 17.9 Å². The third kappa shape index (κ3) is 2.69. The van der Waals surface area contributed by atoms with Crippen LogP contribution in [-0.2, 0) is 6.61 Å². The molecule has 2 aromatic heterocycles. The van der Waals surface area contributed by atoms with Gasteiger partial charge in [-0.3, -0.25) is 0 Å². The van der Waals surface area contributed by atoms with Gasteiger partial charge >= 0.3 is 5.97 Å². The van der Waals surface area contributed by atoms with Crippen LogP contribution in [-0.4, -0.2) is 20.5 Å². The molecule has 0 saturated heterocycles. The van der Waals surface area contributed by atoms with Crippen molar-refractivity contribution in [2.45, 2.75) is 6.61 Å². The Kier molecular flexibility index (Phi) is 3.27. The number of carboxylic acid groups (broad SMARTS) is 1. The van der Waals surface area contributed by atoms with Gasteiger partial charge in [0.2, 0.25) is 0 Å². The highest BCUT2D eigenvalue weighted by Crippen LogP contribution is 2.19. The standard InChI is InChI=1S/C15H11FN2O3/c16-12-7-10(15(19)20)4-5-13(12)21-9-11-8-18-6-2-1-3-14(18)17-11/h1-8H,9H2,(H,19,20). The minimum Gasteiger partial charge on any atom is -0.484 e. The number of benzene rings is 1. The summed E-state index contributed by atoms with van der Waals surface area (Å²) in [5, 5.41) is 8.77. The molecule has 0 radical (unpaired) electrons. The summed E-state index contributed by atoms with van der Waals surface area (Å²) in [7, 11) is 0. The number of nitrogens with zero attached hydrogens (tertiary/aromatic N) is 2. The zero-order valence-corrected chi connectivity index (χ0v) is 10.9. The number of carboxylic acids is 1. The number of carbonyl (C=O) groups is 1. The van der Waals surface area contributed by atoms with Crippen molar-refractivity contribution in [3.05, 3.63) is 65.9 Å². The first-order valence-corrected chi connectivity index (χ1v) is 6.22. The topological polar surface area (TPSA) is 63.8 Å². The second-order valence-electron chi connectivity index (χ2n) is 4.44. The number of aromatic nitrogens is 2. The van der Waals surface area contributed by atoms with Crippen LogP contribution in [0.15, 0.2) is 48.8 Å². The van der Waals surface area contributed by atoms with E-state index >= 15 is 0 Å². The van der Waals surface area contributed by atoms with Crippen molar-refractivity contribution in [2.24, 2.45) is 0 Å². The quantitative estimate of drug-likeness (QED) is 0.801. The van der Waals surface area contributed by atoms with Crippen molar-refractivity contribution >= 4 is 11.6 Å². The minimum atomic E-state index is -1.18. The lowest BCUT2D eigenvalue weighted by atomic mass is 10.2. The van der Waals surface area contributed by atoms with E-state index < -0.39 is 11.8 Å². The Bertz CT molecular complexity index is 781. The highest BCUT2D eigenvalue weighted by Gasteiger charge is 2.10. The first-order chi connectivity index (χ1) is 10.1. The molecule has 0 bridgehead atoms. The van der Waals surface area contributed by atoms with Crippen LogP contribution in [0.1, 0.15) is 16.1 Å². The van der Waals surface area contributed by atoms with E-state index in [4.69, 9.17) is 9.84 Å². The van der Waals surface area contributed by atoms with Gasteiger partial charge in [-0.15, -0.1) is 0 Å². The van der Waals surface area contributed by atoms with Crippen molar-refractivity contribution in [3.8, 4) is 5.75 Å². The molecular weight excluding hydrogens is 275 g/mol. The summed E-state index contributed by atoms with van der Waals surface area (Å²) in [6.07, 6.45) is 3.65. The van der Waals surface area contributed by atoms with Crippen LogP contribution in [0.5, 0.6) is 5.75 Å². The molecule has 6 heteroatoms. The van der Waals surface area contributed by atoms with E-state index in [2.05, 4.69) is 4.98 Å². The Balaban J connectivity index is 1.76. The molecule has 21 heavy (non-hydrogen) atoms. The van der Waals surface area contributed by atoms with Crippen molar-refractivity contribution in [1.82, 2.24) is 9.38 Å². The molecule has 0 aliphatic carbocycles. The summed E-state index contributed by atoms with van der Waals surface area (Å²) in [4.78, 5) is 15.0. The van der Waals surface area contributed by atoms with Gasteiger partial charge in [-0.1, -0.05) is 6.07 Å². The second-order valence-corrected chi connectivity index (χ2v) is 4.44. The number of fused-ring (bicyclic) bond motifs is 1. The Hall–Kier alpha value is -2.89. The van der Waals surface area contributed by atoms with Crippen molar-refractivity contribution in [1.29, 1.82) is 0 Å². The number of hydrogen-bond donors (Lipinski definition) is 1. The van der Waals surface area contributed by atoms with E-state index in [1.165, 1.54) is 12.1 Å². The lowest BCUT2D eigenvalue weighted by Crippen LogP contribution is -2.01. The largest absolute Gasteiger partial charge is 0.484 e. The van der Waals surface area contributed by atoms with Crippen LogP contribution >= 0.6 is 0 Å². The number of halogens is 1. The summed E-state index contributed by atoms with van der Waals surface area (Å²) >= 11 is 0. The normalized spacial score (nSPS) is 10.7. The Morgan fingerprint density at radius 3 is 2.90 bits per heavy atom. The van der Waals surface area contributed by atoms with Gasteiger partial charge in [0.05, 0.1) is 11.3 Å². The Labute approximate surface area is 119 Å². The maximum absolute atomic E-state index is 13.7. The van der Waals surface area contributed by atoms with E-state index in [1.54, 1.807) is 6.20 Å². The average Bonchev–Trinajstić information content (AvgIpc) is 2.88. The van der Waals surface area contributed by atoms with Crippen LogP contribution in [0.4, 0.5) is 4.39 Å². The van der Waals surface area contributed by atoms with Crippen LogP contribution in [0, 0.1) is 5.82 Å². The summed E-state index contributed by atoms with van der Waals surface area (Å²) in [5.41, 5.74) is 1.31. The monoisotopic (exact) mass is 286 g/mol. The maximum Gasteiger partial charge on any atom is 0.335 e. The SMILES string of the molecule is O=C(O)c1ccc(OCc2cn3ccccc3n2)c(F)c1. The molecule has 3 rings (SSSR count). The number of pyridine rings is 1. The molecular formula is C15H11FN2O3. The number of imidazole rings is 1. The summed E-state index contributed by atoms with van der Waals surface area (Å²) in [6.45, 7) is 0.102. The van der Waals surface area contributed by atoms with Gasteiger partial charge in [-0.05, 0) is 30.3 Å². The molecule has 0 spiro atoms. The molecule has 3 aromatic rings. The highest BCUT2D eigenvalue weighted by molar-refractivity contribution is 5.87. The zero-order valence-electron chi connectivity index (χ0n) is 10.9. The number of rotatable bonds is 4. The third-order valence-electron chi connectivity index (χ3n) is 2.97. The smallest absolute Gasteiger partial charge is 0.335 e. The van der Waals surface area contributed by atoms with Gasteiger partial charge in [0.25, 0.3) is 0 Å². The number of aromatic carboxylic acids is 1. The van der Waals surface area contributed by atoms with Crippen LogP contribution in [0.25, 0.3) is 5.65 Å². The van der Waals surface area contributed by atoms with Crippen LogP contribution in [0.2, 0.25) is 0 Å². The molecule has 0 aliphatic rings.